The summed E-state index contributed by atoms with van der Waals surface area (Å²) in [4.78, 5) is 25.4. The molecule has 1 amide bonds. The summed E-state index contributed by atoms with van der Waals surface area (Å²) in [5.74, 6) is 2.41. The van der Waals surface area contributed by atoms with Crippen molar-refractivity contribution >= 4 is 17.9 Å². The Labute approximate surface area is 192 Å². The van der Waals surface area contributed by atoms with Crippen molar-refractivity contribution in [3.63, 3.8) is 0 Å². The van der Waals surface area contributed by atoms with Crippen molar-refractivity contribution in [1.29, 1.82) is 0 Å². The molecule has 2 N–H and O–H groups in total. The summed E-state index contributed by atoms with van der Waals surface area (Å²) >= 11 is 0. The van der Waals surface area contributed by atoms with Gasteiger partial charge in [-0.1, -0.05) is 6.07 Å². The van der Waals surface area contributed by atoms with Gasteiger partial charge in [0.15, 0.2) is 5.96 Å². The van der Waals surface area contributed by atoms with Crippen LogP contribution in [-0.4, -0.2) is 73.4 Å². The minimum absolute atomic E-state index is 0.190. The molecule has 8 heteroatoms. The number of nitrogens with zero attached hydrogens (tertiary/aromatic N) is 4. The number of nitrogens with one attached hydrogen (secondary N) is 2. The van der Waals surface area contributed by atoms with Gasteiger partial charge in [-0.05, 0) is 70.9 Å². The standard InChI is InChI=1S/C24H40N6O2/c1-24(2,3)32-23(31)30-15-7-8-19(18-30)10-14-27-22(25-4)28-20-11-16-29(17-12-20)21-9-5-6-13-26-21/h5-6,9,13,19-20H,7-8,10-12,14-18H2,1-4H3,(H2,25,27,28). The molecule has 2 aliphatic heterocycles. The van der Waals surface area contributed by atoms with E-state index in [4.69, 9.17) is 4.74 Å². The average Bonchev–Trinajstić information content (AvgIpc) is 2.78. The van der Waals surface area contributed by atoms with E-state index in [1.54, 1.807) is 0 Å². The first kappa shape index (κ1) is 24.1. The number of amides is 1. The lowest BCUT2D eigenvalue weighted by molar-refractivity contribution is 0.0162. The third-order valence-electron chi connectivity index (χ3n) is 6.05. The number of piperidine rings is 2. The van der Waals surface area contributed by atoms with E-state index in [0.29, 0.717) is 12.0 Å². The van der Waals surface area contributed by atoms with Crippen LogP contribution in [0.4, 0.5) is 10.6 Å². The van der Waals surface area contributed by atoms with Gasteiger partial charge in [0.2, 0.25) is 0 Å². The Balaban J connectivity index is 1.36. The second-order valence-corrected chi connectivity index (χ2v) is 9.82. The summed E-state index contributed by atoms with van der Waals surface area (Å²) in [5, 5.41) is 7.04. The molecule has 8 nitrogen and oxygen atoms in total. The molecule has 1 unspecified atom stereocenters. The monoisotopic (exact) mass is 444 g/mol. The molecule has 0 spiro atoms. The fourth-order valence-corrected chi connectivity index (χ4v) is 4.37. The van der Waals surface area contributed by atoms with E-state index >= 15 is 0 Å². The van der Waals surface area contributed by atoms with Crippen LogP contribution in [0.3, 0.4) is 0 Å². The molecule has 1 atom stereocenters. The maximum Gasteiger partial charge on any atom is 0.410 e. The fraction of sp³-hybridized carbons (Fsp3) is 0.708. The van der Waals surface area contributed by atoms with Crippen molar-refractivity contribution in [3.8, 4) is 0 Å². The first-order valence-corrected chi connectivity index (χ1v) is 11.9. The van der Waals surface area contributed by atoms with Gasteiger partial charge in [0.25, 0.3) is 0 Å². The van der Waals surface area contributed by atoms with Crippen LogP contribution in [-0.2, 0) is 4.74 Å². The number of likely N-dealkylation sites (tertiary alicyclic amines) is 1. The fourth-order valence-electron chi connectivity index (χ4n) is 4.37. The lowest BCUT2D eigenvalue weighted by Gasteiger charge is -2.35. The van der Waals surface area contributed by atoms with Gasteiger partial charge in [-0.15, -0.1) is 0 Å². The summed E-state index contributed by atoms with van der Waals surface area (Å²) in [6, 6.07) is 6.48. The third kappa shape index (κ3) is 7.57. The van der Waals surface area contributed by atoms with Gasteiger partial charge in [-0.25, -0.2) is 9.78 Å². The van der Waals surface area contributed by atoms with Crippen LogP contribution in [0.2, 0.25) is 0 Å². The smallest absolute Gasteiger partial charge is 0.410 e. The summed E-state index contributed by atoms with van der Waals surface area (Å²) in [6.07, 6.45) is 6.98. The molecular formula is C24H40N6O2. The predicted molar refractivity (Wildman–Crippen MR) is 129 cm³/mol. The molecule has 1 aromatic heterocycles. The molecule has 0 aromatic carbocycles. The van der Waals surface area contributed by atoms with E-state index in [-0.39, 0.29) is 6.09 Å². The third-order valence-corrected chi connectivity index (χ3v) is 6.05. The Morgan fingerprint density at radius 3 is 2.66 bits per heavy atom. The van der Waals surface area contributed by atoms with Crippen LogP contribution >= 0.6 is 0 Å². The predicted octanol–water partition coefficient (Wildman–Crippen LogP) is 3.25. The van der Waals surface area contributed by atoms with E-state index in [9.17, 15) is 4.79 Å². The van der Waals surface area contributed by atoms with Crippen LogP contribution in [0.5, 0.6) is 0 Å². The van der Waals surface area contributed by atoms with Crippen molar-refractivity contribution in [2.45, 2.75) is 64.5 Å². The van der Waals surface area contributed by atoms with Crippen LogP contribution in [0.25, 0.3) is 0 Å². The highest BCUT2D eigenvalue weighted by molar-refractivity contribution is 5.80. The van der Waals surface area contributed by atoms with Gasteiger partial charge >= 0.3 is 6.09 Å². The number of ether oxygens (including phenoxy) is 1. The topological polar surface area (TPSA) is 82.1 Å². The summed E-state index contributed by atoms with van der Waals surface area (Å²) in [5.41, 5.74) is -0.447. The zero-order chi connectivity index (χ0) is 23.0. The molecular weight excluding hydrogens is 404 g/mol. The van der Waals surface area contributed by atoms with Gasteiger partial charge < -0.3 is 25.2 Å². The number of aliphatic imine (C=N–C) groups is 1. The summed E-state index contributed by atoms with van der Waals surface area (Å²) in [7, 11) is 1.82. The normalized spacial score (nSPS) is 20.8. The van der Waals surface area contributed by atoms with Crippen molar-refractivity contribution in [1.82, 2.24) is 20.5 Å². The molecule has 32 heavy (non-hydrogen) atoms. The Morgan fingerprint density at radius 1 is 1.22 bits per heavy atom. The molecule has 3 rings (SSSR count). The highest BCUT2D eigenvalue weighted by atomic mass is 16.6. The lowest BCUT2D eigenvalue weighted by Crippen LogP contribution is -2.49. The second-order valence-electron chi connectivity index (χ2n) is 9.82. The zero-order valence-corrected chi connectivity index (χ0v) is 20.1. The number of guanidine groups is 1. The first-order chi connectivity index (χ1) is 15.3. The van der Waals surface area contributed by atoms with E-state index in [0.717, 1.165) is 76.6 Å². The molecule has 2 fully saturated rings. The molecule has 1 aromatic rings. The number of carbonyl (C=O) groups is 1. The van der Waals surface area contributed by atoms with Crippen molar-refractivity contribution in [2.75, 3.05) is 44.7 Å². The molecule has 0 aliphatic carbocycles. The van der Waals surface area contributed by atoms with Crippen LogP contribution in [0.15, 0.2) is 29.4 Å². The number of anilines is 1. The van der Waals surface area contributed by atoms with E-state index in [1.165, 1.54) is 0 Å². The van der Waals surface area contributed by atoms with Crippen LogP contribution in [0.1, 0.15) is 52.9 Å². The van der Waals surface area contributed by atoms with Gasteiger partial charge in [-0.2, -0.15) is 0 Å². The highest BCUT2D eigenvalue weighted by Gasteiger charge is 2.27. The number of rotatable bonds is 5. The van der Waals surface area contributed by atoms with E-state index in [2.05, 4.69) is 31.6 Å². The number of hydrogen-bond donors (Lipinski definition) is 2. The molecule has 2 aliphatic rings. The summed E-state index contributed by atoms with van der Waals surface area (Å²) < 4.78 is 5.54. The van der Waals surface area contributed by atoms with E-state index in [1.807, 2.05) is 51.0 Å². The van der Waals surface area contributed by atoms with Crippen molar-refractivity contribution in [3.05, 3.63) is 24.4 Å². The maximum atomic E-state index is 12.4. The molecule has 178 valence electrons. The molecule has 0 bridgehead atoms. The Kier molecular flexibility index (Phi) is 8.59. The van der Waals surface area contributed by atoms with Gasteiger partial charge in [-0.3, -0.25) is 4.99 Å². The van der Waals surface area contributed by atoms with Gasteiger partial charge in [0.1, 0.15) is 11.4 Å². The Hall–Kier alpha value is -2.51. The van der Waals surface area contributed by atoms with Crippen molar-refractivity contribution < 1.29 is 9.53 Å². The quantitative estimate of drug-likeness (QED) is 0.536. The largest absolute Gasteiger partial charge is 0.444 e. The molecule has 3 heterocycles. The van der Waals surface area contributed by atoms with Crippen molar-refractivity contribution in [2.24, 2.45) is 10.9 Å². The number of carbonyl (C=O) groups excluding carboxylic acids is 1. The van der Waals surface area contributed by atoms with Gasteiger partial charge in [0, 0.05) is 52.0 Å². The molecule has 2 saturated heterocycles. The Bertz CT molecular complexity index is 741. The second kappa shape index (κ2) is 11.4. The zero-order valence-electron chi connectivity index (χ0n) is 20.1. The SMILES string of the molecule is CN=C(NCCC1CCCN(C(=O)OC(C)(C)C)C1)NC1CCN(c2ccccn2)CC1. The van der Waals surface area contributed by atoms with Crippen LogP contribution in [0, 0.1) is 5.92 Å². The van der Waals surface area contributed by atoms with E-state index < -0.39 is 5.60 Å². The average molecular weight is 445 g/mol. The number of aromatic nitrogens is 1. The highest BCUT2D eigenvalue weighted by Crippen LogP contribution is 2.21. The number of pyridine rings is 1. The minimum Gasteiger partial charge on any atom is -0.444 e. The van der Waals surface area contributed by atoms with Crippen LogP contribution < -0.4 is 15.5 Å². The minimum atomic E-state index is -0.447. The molecule has 0 saturated carbocycles. The Morgan fingerprint density at radius 2 is 2.00 bits per heavy atom. The number of hydrogen-bond acceptors (Lipinski definition) is 5. The maximum absolute atomic E-state index is 12.4. The summed E-state index contributed by atoms with van der Waals surface area (Å²) in [6.45, 7) is 10.1. The lowest BCUT2D eigenvalue weighted by atomic mass is 9.95. The first-order valence-electron chi connectivity index (χ1n) is 11.9. The molecule has 0 radical (unpaired) electrons. The van der Waals surface area contributed by atoms with Gasteiger partial charge in [0.05, 0.1) is 0 Å².